The van der Waals surface area contributed by atoms with E-state index >= 15 is 0 Å². The monoisotopic (exact) mass is 394 g/mol. The van der Waals surface area contributed by atoms with E-state index in [1.165, 1.54) is 12.1 Å². The molecule has 0 aliphatic carbocycles. The van der Waals surface area contributed by atoms with Crippen molar-refractivity contribution >= 4 is 5.91 Å². The Hall–Kier alpha value is -2.58. The maximum Gasteiger partial charge on any atom is 0.258 e. The van der Waals surface area contributed by atoms with Crippen molar-refractivity contribution in [3.63, 3.8) is 0 Å². The molecule has 8 heteroatoms. The molecule has 0 aromatic heterocycles. The van der Waals surface area contributed by atoms with E-state index in [-0.39, 0.29) is 24.2 Å². The molecule has 28 heavy (non-hydrogen) atoms. The number of morpholine rings is 1. The molecule has 0 spiro atoms. The van der Waals surface area contributed by atoms with Gasteiger partial charge in [-0.25, -0.2) is 13.2 Å². The average molecular weight is 394 g/mol. The SMILES string of the molecule is O=C(COc1ccc(F)cc1F)NCC(c1ccc(F)cc1)N1CCOCC1. The highest BCUT2D eigenvalue weighted by atomic mass is 19.1. The topological polar surface area (TPSA) is 50.8 Å². The van der Waals surface area contributed by atoms with Gasteiger partial charge in [0, 0.05) is 25.7 Å². The fourth-order valence-electron chi connectivity index (χ4n) is 3.03. The second-order valence-electron chi connectivity index (χ2n) is 6.38. The summed E-state index contributed by atoms with van der Waals surface area (Å²) in [6.07, 6.45) is 0. The first-order chi connectivity index (χ1) is 13.5. The minimum atomic E-state index is -0.870. The molecular formula is C20H21F3N2O3. The molecule has 2 aromatic carbocycles. The van der Waals surface area contributed by atoms with E-state index in [0.717, 1.165) is 17.7 Å². The van der Waals surface area contributed by atoms with E-state index < -0.39 is 24.1 Å². The normalized spacial score (nSPS) is 15.8. The van der Waals surface area contributed by atoms with Crippen LogP contribution in [-0.2, 0) is 9.53 Å². The molecule has 0 bridgehead atoms. The van der Waals surface area contributed by atoms with Crippen LogP contribution in [0.15, 0.2) is 42.5 Å². The minimum absolute atomic E-state index is 0.156. The second kappa shape index (κ2) is 9.57. The van der Waals surface area contributed by atoms with Crippen LogP contribution in [0.1, 0.15) is 11.6 Å². The van der Waals surface area contributed by atoms with Crippen LogP contribution in [-0.4, -0.2) is 50.3 Å². The number of carbonyl (C=O) groups is 1. The van der Waals surface area contributed by atoms with Crippen molar-refractivity contribution in [1.82, 2.24) is 10.2 Å². The van der Waals surface area contributed by atoms with Gasteiger partial charge in [0.15, 0.2) is 18.2 Å². The van der Waals surface area contributed by atoms with E-state index in [0.29, 0.717) is 32.4 Å². The average Bonchev–Trinajstić information content (AvgIpc) is 2.69. The maximum absolute atomic E-state index is 13.6. The van der Waals surface area contributed by atoms with Crippen molar-refractivity contribution in [3.8, 4) is 5.75 Å². The van der Waals surface area contributed by atoms with Crippen LogP contribution >= 0.6 is 0 Å². The summed E-state index contributed by atoms with van der Waals surface area (Å²) in [5.41, 5.74) is 0.870. The molecule has 150 valence electrons. The second-order valence-corrected chi connectivity index (χ2v) is 6.38. The lowest BCUT2D eigenvalue weighted by molar-refractivity contribution is -0.123. The quantitative estimate of drug-likeness (QED) is 0.785. The number of hydrogen-bond donors (Lipinski definition) is 1. The number of nitrogens with zero attached hydrogens (tertiary/aromatic N) is 1. The molecule has 2 aromatic rings. The van der Waals surface area contributed by atoms with Crippen molar-refractivity contribution in [3.05, 3.63) is 65.5 Å². The summed E-state index contributed by atoms with van der Waals surface area (Å²) < 4.78 is 50.2. The zero-order valence-electron chi connectivity index (χ0n) is 15.2. The first-order valence-corrected chi connectivity index (χ1v) is 8.95. The lowest BCUT2D eigenvalue weighted by atomic mass is 10.0. The summed E-state index contributed by atoms with van der Waals surface area (Å²) in [6.45, 7) is 2.42. The highest BCUT2D eigenvalue weighted by Crippen LogP contribution is 2.22. The number of hydrogen-bond acceptors (Lipinski definition) is 4. The van der Waals surface area contributed by atoms with Gasteiger partial charge in [0.1, 0.15) is 11.6 Å². The van der Waals surface area contributed by atoms with Crippen molar-refractivity contribution in [2.75, 3.05) is 39.5 Å². The third-order valence-electron chi connectivity index (χ3n) is 4.49. The molecule has 3 rings (SSSR count). The Balaban J connectivity index is 1.59. The number of halogens is 3. The van der Waals surface area contributed by atoms with Crippen LogP contribution in [0.5, 0.6) is 5.75 Å². The van der Waals surface area contributed by atoms with E-state index in [1.807, 2.05) is 0 Å². The highest BCUT2D eigenvalue weighted by molar-refractivity contribution is 5.77. The van der Waals surface area contributed by atoms with Gasteiger partial charge in [0.25, 0.3) is 5.91 Å². The maximum atomic E-state index is 13.6. The van der Waals surface area contributed by atoms with Gasteiger partial charge in [0.2, 0.25) is 0 Å². The first-order valence-electron chi connectivity index (χ1n) is 8.95. The minimum Gasteiger partial charge on any atom is -0.481 e. The molecule has 1 unspecified atom stereocenters. The fourth-order valence-corrected chi connectivity index (χ4v) is 3.03. The third kappa shape index (κ3) is 5.46. The predicted molar refractivity (Wildman–Crippen MR) is 96.4 cm³/mol. The highest BCUT2D eigenvalue weighted by Gasteiger charge is 2.23. The van der Waals surface area contributed by atoms with Crippen LogP contribution in [0.3, 0.4) is 0 Å². The zero-order chi connectivity index (χ0) is 19.9. The van der Waals surface area contributed by atoms with Gasteiger partial charge in [-0.2, -0.15) is 0 Å². The number of rotatable bonds is 7. The van der Waals surface area contributed by atoms with Gasteiger partial charge in [-0.1, -0.05) is 12.1 Å². The molecule has 1 saturated heterocycles. The number of carbonyl (C=O) groups excluding carboxylic acids is 1. The van der Waals surface area contributed by atoms with Gasteiger partial charge in [-0.3, -0.25) is 9.69 Å². The third-order valence-corrected chi connectivity index (χ3v) is 4.49. The Labute approximate surface area is 161 Å². The standard InChI is InChI=1S/C20H21F3N2O3/c21-15-3-1-14(2-4-15)18(25-7-9-27-10-8-25)12-24-20(26)13-28-19-6-5-16(22)11-17(19)23/h1-6,11,18H,7-10,12-13H2,(H,24,26). The summed E-state index contributed by atoms with van der Waals surface area (Å²) in [4.78, 5) is 14.3. The molecule has 1 fully saturated rings. The van der Waals surface area contributed by atoms with E-state index in [1.54, 1.807) is 12.1 Å². The molecular weight excluding hydrogens is 373 g/mol. The van der Waals surface area contributed by atoms with Crippen LogP contribution in [0.4, 0.5) is 13.2 Å². The molecule has 1 heterocycles. The van der Waals surface area contributed by atoms with E-state index in [4.69, 9.17) is 9.47 Å². The van der Waals surface area contributed by atoms with Crippen molar-refractivity contribution < 1.29 is 27.4 Å². The lowest BCUT2D eigenvalue weighted by Gasteiger charge is -2.35. The molecule has 0 saturated carbocycles. The Bertz CT molecular complexity index is 796. The summed E-state index contributed by atoms with van der Waals surface area (Å²) in [5, 5.41) is 2.76. The molecule has 5 nitrogen and oxygen atoms in total. The number of ether oxygens (including phenoxy) is 2. The van der Waals surface area contributed by atoms with Gasteiger partial charge in [-0.15, -0.1) is 0 Å². The molecule has 1 aliphatic rings. The van der Waals surface area contributed by atoms with Gasteiger partial charge in [0.05, 0.1) is 19.3 Å². The van der Waals surface area contributed by atoms with Crippen molar-refractivity contribution in [1.29, 1.82) is 0 Å². The number of benzene rings is 2. The molecule has 1 atom stereocenters. The fraction of sp³-hybridized carbons (Fsp3) is 0.350. The molecule has 0 radical (unpaired) electrons. The molecule has 1 N–H and O–H groups in total. The summed E-state index contributed by atoms with van der Waals surface area (Å²) in [6, 6.07) is 8.85. The van der Waals surface area contributed by atoms with Crippen LogP contribution < -0.4 is 10.1 Å². The Morgan fingerprint density at radius 3 is 2.43 bits per heavy atom. The van der Waals surface area contributed by atoms with Gasteiger partial charge in [-0.05, 0) is 29.8 Å². The Kier molecular flexibility index (Phi) is 6.89. The zero-order valence-corrected chi connectivity index (χ0v) is 15.2. The van der Waals surface area contributed by atoms with Gasteiger partial charge < -0.3 is 14.8 Å². The Morgan fingerprint density at radius 1 is 1.07 bits per heavy atom. The molecule has 1 aliphatic heterocycles. The molecule has 1 amide bonds. The summed E-state index contributed by atoms with van der Waals surface area (Å²) >= 11 is 0. The summed E-state index contributed by atoms with van der Waals surface area (Å²) in [5.74, 6) is -2.56. The van der Waals surface area contributed by atoms with E-state index in [9.17, 15) is 18.0 Å². The predicted octanol–water partition coefficient (Wildman–Crippen LogP) is 2.67. The first kappa shape index (κ1) is 20.2. The van der Waals surface area contributed by atoms with Crippen molar-refractivity contribution in [2.45, 2.75) is 6.04 Å². The van der Waals surface area contributed by atoms with E-state index in [2.05, 4.69) is 10.2 Å². The number of amides is 1. The Morgan fingerprint density at radius 2 is 1.75 bits per heavy atom. The summed E-state index contributed by atoms with van der Waals surface area (Å²) in [7, 11) is 0. The van der Waals surface area contributed by atoms with Crippen LogP contribution in [0, 0.1) is 17.5 Å². The number of nitrogens with one attached hydrogen (secondary N) is 1. The lowest BCUT2D eigenvalue weighted by Crippen LogP contribution is -2.44. The smallest absolute Gasteiger partial charge is 0.258 e. The van der Waals surface area contributed by atoms with Crippen LogP contribution in [0.25, 0.3) is 0 Å². The van der Waals surface area contributed by atoms with Crippen molar-refractivity contribution in [2.24, 2.45) is 0 Å². The van der Waals surface area contributed by atoms with Gasteiger partial charge >= 0.3 is 0 Å². The largest absolute Gasteiger partial charge is 0.481 e. The van der Waals surface area contributed by atoms with Crippen LogP contribution in [0.2, 0.25) is 0 Å².